The van der Waals surface area contributed by atoms with Gasteiger partial charge in [0, 0.05) is 25.4 Å². The van der Waals surface area contributed by atoms with Crippen LogP contribution in [0.4, 0.5) is 4.79 Å². The number of carboxylic acid groups (broad SMARTS) is 1. The molecule has 2 fully saturated rings. The van der Waals surface area contributed by atoms with E-state index in [9.17, 15) is 28.7 Å². The monoisotopic (exact) mass is 690 g/mol. The molecule has 5 atom stereocenters. The summed E-state index contributed by atoms with van der Waals surface area (Å²) < 4.78 is 47.1. The second-order valence-electron chi connectivity index (χ2n) is 13.5. The summed E-state index contributed by atoms with van der Waals surface area (Å²) in [5.41, 5.74) is 1.10. The van der Waals surface area contributed by atoms with E-state index >= 15 is 0 Å². The van der Waals surface area contributed by atoms with Gasteiger partial charge in [0.15, 0.2) is 6.29 Å². The van der Waals surface area contributed by atoms with E-state index in [0.717, 1.165) is 16.0 Å². The van der Waals surface area contributed by atoms with E-state index in [4.69, 9.17) is 14.2 Å². The van der Waals surface area contributed by atoms with E-state index in [-0.39, 0.29) is 36.8 Å². The molecule has 0 saturated carbocycles. The molecule has 2 heterocycles. The van der Waals surface area contributed by atoms with Crippen molar-refractivity contribution in [1.82, 2.24) is 9.21 Å². The van der Waals surface area contributed by atoms with Gasteiger partial charge >= 0.3 is 0 Å². The van der Waals surface area contributed by atoms with Gasteiger partial charge in [-0.3, -0.25) is 0 Å². The third-order valence-electron chi connectivity index (χ3n) is 9.28. The smallest absolute Gasteiger partial charge is 0.243 e. The zero-order valence-corrected chi connectivity index (χ0v) is 28.7. The van der Waals surface area contributed by atoms with Crippen LogP contribution in [0.1, 0.15) is 44.2 Å². The molecule has 1 amide bonds. The Morgan fingerprint density at radius 2 is 1.69 bits per heavy atom. The maximum Gasteiger partial charge on any atom is 0.243 e. The lowest BCUT2D eigenvalue weighted by Crippen LogP contribution is -2.61. The summed E-state index contributed by atoms with van der Waals surface area (Å²) in [4.78, 5) is 14.0. The van der Waals surface area contributed by atoms with Crippen molar-refractivity contribution in [3.8, 4) is 11.8 Å². The number of carbonyl (C=O) groups excluding carboxylic acids is 1. The number of nitriles is 1. The fourth-order valence-electron chi connectivity index (χ4n) is 6.65. The number of amides is 1. The molecule has 1 N–H and O–H groups in total. The Kier molecular flexibility index (Phi) is 12.0. The van der Waals surface area contributed by atoms with Gasteiger partial charge < -0.3 is 34.1 Å². The molecule has 0 aliphatic carbocycles. The van der Waals surface area contributed by atoms with Crippen molar-refractivity contribution in [2.45, 2.75) is 75.5 Å². The Morgan fingerprint density at radius 1 is 1.04 bits per heavy atom. The number of aliphatic hydroxyl groups is 1. The first-order chi connectivity index (χ1) is 23.5. The molecule has 5 rings (SSSR count). The summed E-state index contributed by atoms with van der Waals surface area (Å²) in [6.45, 7) is 4.13. The van der Waals surface area contributed by atoms with Gasteiger partial charge in [-0.2, -0.15) is 9.57 Å². The highest BCUT2D eigenvalue weighted by Gasteiger charge is 2.47. The highest BCUT2D eigenvalue weighted by Crippen LogP contribution is 2.36. The van der Waals surface area contributed by atoms with Crippen LogP contribution in [-0.2, 0) is 32.5 Å². The molecule has 3 aromatic carbocycles. The van der Waals surface area contributed by atoms with E-state index in [2.05, 4.69) is 6.07 Å². The van der Waals surface area contributed by atoms with Crippen molar-refractivity contribution in [3.05, 3.63) is 96.1 Å². The molecule has 0 unspecified atom stereocenters. The summed E-state index contributed by atoms with van der Waals surface area (Å²) in [6.07, 6.45) is -2.13. The number of benzene rings is 3. The number of nitrogens with zero attached hydrogens (tertiary/aromatic N) is 3. The third kappa shape index (κ3) is 9.17. The Bertz CT molecular complexity index is 1670. The number of carbonyl (C=O) groups is 1. The highest BCUT2D eigenvalue weighted by molar-refractivity contribution is 7.89. The first-order valence-corrected chi connectivity index (χ1v) is 18.0. The van der Waals surface area contributed by atoms with E-state index in [0.29, 0.717) is 31.8 Å². The zero-order chi connectivity index (χ0) is 35.0. The summed E-state index contributed by atoms with van der Waals surface area (Å²) in [5.74, 6) is 0.250. The molecule has 12 heteroatoms. The molecule has 0 bridgehead atoms. The molecule has 11 nitrogen and oxygen atoms in total. The standard InChI is InChI=1S/C37H45N3O8S/c1-37(2,19-9-20-38)26-39(49(44,45)30-16-14-29(15-17-30)47-24-28-12-7-4-8-13-28)23-34(41)32(22-27-10-5-3-6-11-27)40(36(42)43)33-25-48-35-31(33)18-21-46-35/h3-8,10-17,31-35,41H,9,18-19,21-26H2,1-2H3,(H,42,43)/p-1/t31-,32-,33-,34+,35+/m0/s1. The predicted molar refractivity (Wildman–Crippen MR) is 179 cm³/mol. The van der Waals surface area contributed by atoms with Gasteiger partial charge in [0.1, 0.15) is 18.4 Å². The second-order valence-corrected chi connectivity index (χ2v) is 15.4. The molecular formula is C37H44N3O8S-. The van der Waals surface area contributed by atoms with Crippen LogP contribution >= 0.6 is 0 Å². The lowest BCUT2D eigenvalue weighted by Gasteiger charge is -2.43. The van der Waals surface area contributed by atoms with Crippen LogP contribution in [0.3, 0.4) is 0 Å². The lowest BCUT2D eigenvalue weighted by molar-refractivity contribution is -0.273. The molecule has 0 radical (unpaired) electrons. The fraction of sp³-hybridized carbons (Fsp3) is 0.459. The van der Waals surface area contributed by atoms with Crippen molar-refractivity contribution in [3.63, 3.8) is 0 Å². The normalized spacial score (nSPS) is 20.3. The molecule has 3 aromatic rings. The minimum Gasteiger partial charge on any atom is -0.530 e. The van der Waals surface area contributed by atoms with E-state index in [1.165, 1.54) is 16.4 Å². The Hall–Kier alpha value is -3.99. The summed E-state index contributed by atoms with van der Waals surface area (Å²) in [7, 11) is -4.22. The van der Waals surface area contributed by atoms with Gasteiger partial charge in [0.2, 0.25) is 10.0 Å². The molecule has 2 aliphatic rings. The topological polar surface area (TPSA) is 152 Å². The van der Waals surface area contributed by atoms with Crippen LogP contribution < -0.4 is 9.84 Å². The Balaban J connectivity index is 1.44. The number of hydrogen-bond acceptors (Lipinski definition) is 9. The number of hydrogen-bond donors (Lipinski definition) is 1. The number of sulfonamides is 1. The van der Waals surface area contributed by atoms with Crippen LogP contribution in [0.15, 0.2) is 89.8 Å². The van der Waals surface area contributed by atoms with Gasteiger partial charge in [-0.15, -0.1) is 0 Å². The average Bonchev–Trinajstić information content (AvgIpc) is 3.72. The maximum atomic E-state index is 14.3. The van der Waals surface area contributed by atoms with Gasteiger partial charge in [0.25, 0.3) is 0 Å². The van der Waals surface area contributed by atoms with Gasteiger partial charge in [-0.1, -0.05) is 74.5 Å². The van der Waals surface area contributed by atoms with Crippen molar-refractivity contribution in [2.75, 3.05) is 26.3 Å². The van der Waals surface area contributed by atoms with Crippen LogP contribution in [0.5, 0.6) is 5.75 Å². The molecular weight excluding hydrogens is 646 g/mol. The Morgan fingerprint density at radius 3 is 2.33 bits per heavy atom. The number of aliphatic hydroxyl groups excluding tert-OH is 1. The quantitative estimate of drug-likeness (QED) is 0.235. The fourth-order valence-corrected chi connectivity index (χ4v) is 8.29. The van der Waals surface area contributed by atoms with E-state index in [1.54, 1.807) is 12.1 Å². The average molecular weight is 691 g/mol. The van der Waals surface area contributed by atoms with Gasteiger partial charge in [-0.05, 0) is 60.1 Å². The minimum atomic E-state index is -4.22. The van der Waals surface area contributed by atoms with Crippen molar-refractivity contribution < 1.29 is 37.6 Å². The van der Waals surface area contributed by atoms with Gasteiger partial charge in [0.05, 0.1) is 42.4 Å². The first kappa shape index (κ1) is 36.3. The second kappa shape index (κ2) is 16.1. The van der Waals surface area contributed by atoms with Crippen LogP contribution in [0, 0.1) is 22.7 Å². The molecule has 0 aromatic heterocycles. The van der Waals surface area contributed by atoms with Crippen molar-refractivity contribution in [1.29, 1.82) is 5.26 Å². The van der Waals surface area contributed by atoms with Crippen LogP contribution in [0.2, 0.25) is 0 Å². The largest absolute Gasteiger partial charge is 0.530 e. The van der Waals surface area contributed by atoms with Crippen LogP contribution in [0.25, 0.3) is 0 Å². The minimum absolute atomic E-state index is 0.00523. The molecule has 2 aliphatic heterocycles. The van der Waals surface area contributed by atoms with E-state index < -0.39 is 52.6 Å². The summed E-state index contributed by atoms with van der Waals surface area (Å²) in [5, 5.41) is 34.1. The predicted octanol–water partition coefficient (Wildman–Crippen LogP) is 3.97. The van der Waals surface area contributed by atoms with Crippen molar-refractivity contribution in [2.24, 2.45) is 11.3 Å². The number of rotatable bonds is 16. The summed E-state index contributed by atoms with van der Waals surface area (Å²) in [6, 6.07) is 25.3. The summed E-state index contributed by atoms with van der Waals surface area (Å²) >= 11 is 0. The number of fused-ring (bicyclic) bond motifs is 1. The van der Waals surface area contributed by atoms with Crippen LogP contribution in [-0.4, -0.2) is 79.6 Å². The molecule has 49 heavy (non-hydrogen) atoms. The third-order valence-corrected chi connectivity index (χ3v) is 11.1. The lowest BCUT2D eigenvalue weighted by atomic mass is 9.87. The molecule has 2 saturated heterocycles. The van der Waals surface area contributed by atoms with Gasteiger partial charge in [-0.25, -0.2) is 8.42 Å². The Labute approximate surface area is 288 Å². The SMILES string of the molecule is CC(C)(CCC#N)CN(C[C@@H](O)[C@H](Cc1ccccc1)N(C(=O)[O-])[C@H]1CO[C@H]2OCC[C@H]21)S(=O)(=O)c1ccc(OCc2ccccc2)cc1. The first-order valence-electron chi connectivity index (χ1n) is 16.6. The zero-order valence-electron chi connectivity index (χ0n) is 27.9. The molecule has 0 spiro atoms. The number of ether oxygens (including phenoxy) is 3. The van der Waals surface area contributed by atoms with E-state index in [1.807, 2.05) is 74.5 Å². The molecule has 262 valence electrons. The highest BCUT2D eigenvalue weighted by atomic mass is 32.2. The van der Waals surface area contributed by atoms with Crippen molar-refractivity contribution >= 4 is 16.1 Å². The maximum absolute atomic E-state index is 14.3.